The van der Waals surface area contributed by atoms with Crippen LogP contribution >= 0.6 is 15.9 Å². The third kappa shape index (κ3) is 1.51. The Morgan fingerprint density at radius 1 is 1.75 bits per heavy atom. The number of aliphatic hydroxyl groups is 1. The number of hydrogen-bond donors (Lipinski definition) is 1. The van der Waals surface area contributed by atoms with Gasteiger partial charge in [0, 0.05) is 7.05 Å². The molecular formula is C7H10BrFN2O. The number of aromatic nitrogens is 2. The zero-order valence-electron chi connectivity index (χ0n) is 6.88. The zero-order chi connectivity index (χ0) is 9.30. The van der Waals surface area contributed by atoms with Crippen molar-refractivity contribution in [1.29, 1.82) is 0 Å². The van der Waals surface area contributed by atoms with E-state index >= 15 is 0 Å². The van der Waals surface area contributed by atoms with Crippen LogP contribution in [0.5, 0.6) is 0 Å². The summed E-state index contributed by atoms with van der Waals surface area (Å²) in [5.74, 6) is 0. The molecule has 1 unspecified atom stereocenters. The summed E-state index contributed by atoms with van der Waals surface area (Å²) in [6.07, 6.45) is -1.37. The summed E-state index contributed by atoms with van der Waals surface area (Å²) in [7, 11) is 1.65. The van der Waals surface area contributed by atoms with Gasteiger partial charge in [0.1, 0.15) is 0 Å². The van der Waals surface area contributed by atoms with Gasteiger partial charge in [-0.1, -0.05) is 0 Å². The van der Waals surface area contributed by atoms with Crippen LogP contribution in [0.3, 0.4) is 0 Å². The number of nitrogens with zero attached hydrogens (tertiary/aromatic N) is 2. The molecule has 0 aliphatic heterocycles. The number of alkyl halides is 1. The van der Waals surface area contributed by atoms with Crippen molar-refractivity contribution in [1.82, 2.24) is 9.78 Å². The minimum Gasteiger partial charge on any atom is -0.393 e. The van der Waals surface area contributed by atoms with Crippen molar-refractivity contribution in [3.05, 3.63) is 15.9 Å². The van der Waals surface area contributed by atoms with Gasteiger partial charge < -0.3 is 5.11 Å². The quantitative estimate of drug-likeness (QED) is 0.846. The van der Waals surface area contributed by atoms with Crippen LogP contribution in [0.2, 0.25) is 0 Å². The van der Waals surface area contributed by atoms with Crippen molar-refractivity contribution in [3.63, 3.8) is 0 Å². The molecular weight excluding hydrogens is 227 g/mol. The molecule has 0 aromatic carbocycles. The van der Waals surface area contributed by atoms with Gasteiger partial charge in [-0.3, -0.25) is 4.68 Å². The summed E-state index contributed by atoms with van der Waals surface area (Å²) in [6.45, 7) is 1.26. The van der Waals surface area contributed by atoms with Gasteiger partial charge >= 0.3 is 0 Å². The first-order valence-corrected chi connectivity index (χ1v) is 4.31. The van der Waals surface area contributed by atoms with Gasteiger partial charge in [0.15, 0.2) is 6.17 Å². The van der Waals surface area contributed by atoms with Crippen molar-refractivity contribution >= 4 is 15.9 Å². The van der Waals surface area contributed by atoms with Crippen molar-refractivity contribution in [2.45, 2.75) is 13.1 Å². The van der Waals surface area contributed by atoms with Crippen LogP contribution in [-0.4, -0.2) is 21.5 Å². The Hall–Kier alpha value is -0.420. The molecule has 0 aliphatic carbocycles. The lowest BCUT2D eigenvalue weighted by Crippen LogP contribution is -2.05. The van der Waals surface area contributed by atoms with Crippen LogP contribution in [0, 0.1) is 6.92 Å². The van der Waals surface area contributed by atoms with E-state index in [0.717, 1.165) is 5.69 Å². The van der Waals surface area contributed by atoms with Crippen LogP contribution in [-0.2, 0) is 7.05 Å². The molecule has 12 heavy (non-hydrogen) atoms. The summed E-state index contributed by atoms with van der Waals surface area (Å²) in [5, 5.41) is 12.6. The van der Waals surface area contributed by atoms with Crippen LogP contribution in [0.4, 0.5) is 4.39 Å². The summed E-state index contributed by atoms with van der Waals surface area (Å²) < 4.78 is 15.1. The Morgan fingerprint density at radius 2 is 2.33 bits per heavy atom. The van der Waals surface area contributed by atoms with E-state index in [1.165, 1.54) is 4.68 Å². The molecule has 0 saturated carbocycles. The Bertz CT molecular complexity index is 287. The fourth-order valence-electron chi connectivity index (χ4n) is 1.08. The topological polar surface area (TPSA) is 38.0 Å². The normalized spacial score (nSPS) is 13.4. The number of rotatable bonds is 2. The van der Waals surface area contributed by atoms with Gasteiger partial charge in [0.05, 0.1) is 22.5 Å². The van der Waals surface area contributed by atoms with E-state index in [-0.39, 0.29) is 0 Å². The smallest absolute Gasteiger partial charge is 0.166 e. The Morgan fingerprint density at radius 3 is 2.67 bits per heavy atom. The van der Waals surface area contributed by atoms with Gasteiger partial charge in [0.25, 0.3) is 0 Å². The molecule has 0 saturated heterocycles. The average molecular weight is 237 g/mol. The van der Waals surface area contributed by atoms with Gasteiger partial charge in [0.2, 0.25) is 0 Å². The number of aryl methyl sites for hydroxylation is 2. The van der Waals surface area contributed by atoms with Crippen molar-refractivity contribution in [2.75, 3.05) is 6.61 Å². The number of aliphatic hydroxyl groups excluding tert-OH is 1. The Labute approximate surface area is 78.3 Å². The predicted octanol–water partition coefficient (Wildman–Crippen LogP) is 1.49. The molecule has 68 valence electrons. The highest BCUT2D eigenvalue weighted by Crippen LogP contribution is 2.27. The Balaban J connectivity index is 3.13. The maximum absolute atomic E-state index is 13.1. The lowest BCUT2D eigenvalue weighted by atomic mass is 10.2. The largest absolute Gasteiger partial charge is 0.393 e. The SMILES string of the molecule is Cc1nn(C)c(C(F)CO)c1Br. The standard InChI is InChI=1S/C7H10BrFN2O/c1-4-6(8)7(5(9)3-12)11(2)10-4/h5,12H,3H2,1-2H3. The second kappa shape index (κ2) is 3.53. The molecule has 1 atom stereocenters. The second-order valence-corrected chi connectivity index (χ2v) is 3.35. The van der Waals surface area contributed by atoms with Crippen molar-refractivity contribution in [2.24, 2.45) is 7.05 Å². The lowest BCUT2D eigenvalue weighted by molar-refractivity contribution is 0.172. The van der Waals surface area contributed by atoms with Crippen LogP contribution in [0.25, 0.3) is 0 Å². The maximum Gasteiger partial charge on any atom is 0.166 e. The molecule has 0 fully saturated rings. The monoisotopic (exact) mass is 236 g/mol. The molecule has 3 nitrogen and oxygen atoms in total. The second-order valence-electron chi connectivity index (χ2n) is 2.56. The van der Waals surface area contributed by atoms with E-state index < -0.39 is 12.8 Å². The lowest BCUT2D eigenvalue weighted by Gasteiger charge is -2.05. The first kappa shape index (κ1) is 9.67. The highest BCUT2D eigenvalue weighted by atomic mass is 79.9. The number of hydrogen-bond acceptors (Lipinski definition) is 2. The Kier molecular flexibility index (Phi) is 2.85. The molecule has 0 aliphatic rings. The van der Waals surface area contributed by atoms with Crippen molar-refractivity contribution in [3.8, 4) is 0 Å². The summed E-state index contributed by atoms with van der Waals surface area (Å²) in [5.41, 5.74) is 1.11. The fourth-order valence-corrected chi connectivity index (χ4v) is 1.66. The van der Waals surface area contributed by atoms with Crippen LogP contribution in [0.1, 0.15) is 17.6 Å². The van der Waals surface area contributed by atoms with E-state index in [1.807, 2.05) is 0 Å². The summed E-state index contributed by atoms with van der Waals surface area (Å²) in [6, 6.07) is 0. The van der Waals surface area contributed by atoms with Gasteiger partial charge in [-0.05, 0) is 22.9 Å². The molecule has 0 spiro atoms. The van der Waals surface area contributed by atoms with Crippen LogP contribution in [0.15, 0.2) is 4.47 Å². The van der Waals surface area contributed by atoms with E-state index in [9.17, 15) is 4.39 Å². The molecule has 0 radical (unpaired) electrons. The third-order valence-corrected chi connectivity index (χ3v) is 2.63. The fraction of sp³-hybridized carbons (Fsp3) is 0.571. The van der Waals surface area contributed by atoms with Gasteiger partial charge in [-0.15, -0.1) is 0 Å². The molecule has 1 N–H and O–H groups in total. The minimum atomic E-state index is -1.37. The summed E-state index contributed by atoms with van der Waals surface area (Å²) >= 11 is 3.21. The van der Waals surface area contributed by atoms with E-state index in [4.69, 9.17) is 5.11 Å². The highest BCUT2D eigenvalue weighted by Gasteiger charge is 2.19. The van der Waals surface area contributed by atoms with Gasteiger partial charge in [-0.2, -0.15) is 5.10 Å². The van der Waals surface area contributed by atoms with Crippen molar-refractivity contribution < 1.29 is 9.50 Å². The van der Waals surface area contributed by atoms with Crippen LogP contribution < -0.4 is 0 Å². The van der Waals surface area contributed by atoms with E-state index in [0.29, 0.717) is 10.2 Å². The number of halogens is 2. The first-order chi connectivity index (χ1) is 5.57. The highest BCUT2D eigenvalue weighted by molar-refractivity contribution is 9.10. The minimum absolute atomic E-state index is 0.384. The third-order valence-electron chi connectivity index (χ3n) is 1.65. The molecule has 1 rings (SSSR count). The predicted molar refractivity (Wildman–Crippen MR) is 46.6 cm³/mol. The molecule has 1 heterocycles. The molecule has 0 amide bonds. The van der Waals surface area contributed by atoms with Gasteiger partial charge in [-0.25, -0.2) is 4.39 Å². The zero-order valence-corrected chi connectivity index (χ0v) is 8.47. The average Bonchev–Trinajstić information content (AvgIpc) is 2.26. The van der Waals surface area contributed by atoms with E-state index in [1.54, 1.807) is 14.0 Å². The molecule has 0 bridgehead atoms. The first-order valence-electron chi connectivity index (χ1n) is 3.51. The summed E-state index contributed by atoms with van der Waals surface area (Å²) in [4.78, 5) is 0. The van der Waals surface area contributed by atoms with E-state index in [2.05, 4.69) is 21.0 Å². The molecule has 1 aromatic heterocycles. The maximum atomic E-state index is 13.1. The molecule has 5 heteroatoms. The molecule has 1 aromatic rings.